The fraction of sp³-hybridized carbons (Fsp3) is 0.200. The molecule has 3 aromatic rings. The predicted molar refractivity (Wildman–Crippen MR) is 99.9 cm³/mol. The highest BCUT2D eigenvalue weighted by atomic mass is 19.1. The first-order valence-corrected chi connectivity index (χ1v) is 8.51. The maximum atomic E-state index is 13.7. The van der Waals surface area contributed by atoms with Crippen LogP contribution in [0, 0.1) is 5.82 Å². The van der Waals surface area contributed by atoms with Gasteiger partial charge in [-0.05, 0) is 56.3 Å². The number of fused-ring (bicyclic) bond motifs is 1. The Morgan fingerprint density at radius 2 is 1.77 bits per heavy atom. The van der Waals surface area contributed by atoms with Gasteiger partial charge >= 0.3 is 0 Å². The van der Waals surface area contributed by atoms with Crippen molar-refractivity contribution in [1.29, 1.82) is 0 Å². The number of carbonyl (C=O) groups excluding carboxylic acids is 2. The predicted octanol–water partition coefficient (Wildman–Crippen LogP) is 4.04. The molecule has 0 saturated heterocycles. The van der Waals surface area contributed by atoms with Crippen molar-refractivity contribution >= 4 is 28.4 Å². The Morgan fingerprint density at radius 3 is 2.38 bits per heavy atom. The van der Waals surface area contributed by atoms with Crippen LogP contribution in [0.5, 0.6) is 0 Å². The van der Waals surface area contributed by atoms with Crippen molar-refractivity contribution in [3.63, 3.8) is 0 Å². The molecule has 1 aromatic heterocycles. The van der Waals surface area contributed by atoms with Crippen molar-refractivity contribution in [1.82, 2.24) is 9.88 Å². The minimum absolute atomic E-state index is 0.0426. The second-order valence-electron chi connectivity index (χ2n) is 5.89. The Morgan fingerprint density at radius 1 is 1.08 bits per heavy atom. The van der Waals surface area contributed by atoms with E-state index in [0.717, 1.165) is 0 Å². The maximum Gasteiger partial charge on any atom is 0.272 e. The average Bonchev–Trinajstić information content (AvgIpc) is 3.09. The Hall–Kier alpha value is -3.15. The van der Waals surface area contributed by atoms with Gasteiger partial charge in [-0.15, -0.1) is 0 Å². The molecule has 2 amide bonds. The van der Waals surface area contributed by atoms with E-state index < -0.39 is 0 Å². The maximum absolute atomic E-state index is 13.7. The van der Waals surface area contributed by atoms with Gasteiger partial charge < -0.3 is 15.2 Å². The van der Waals surface area contributed by atoms with Crippen LogP contribution in [0.3, 0.4) is 0 Å². The number of H-pyrrole nitrogens is 1. The number of hydrogen-bond donors (Lipinski definition) is 2. The number of benzene rings is 2. The highest BCUT2D eigenvalue weighted by Crippen LogP contribution is 2.20. The molecule has 2 aromatic carbocycles. The van der Waals surface area contributed by atoms with Crippen molar-refractivity contribution in [3.8, 4) is 0 Å². The van der Waals surface area contributed by atoms with Gasteiger partial charge in [0.05, 0.1) is 0 Å². The molecule has 134 valence electrons. The second-order valence-corrected chi connectivity index (χ2v) is 5.89. The van der Waals surface area contributed by atoms with Gasteiger partial charge in [0.1, 0.15) is 11.5 Å². The largest absolute Gasteiger partial charge is 0.350 e. The Kier molecular flexibility index (Phi) is 5.02. The van der Waals surface area contributed by atoms with E-state index in [-0.39, 0.29) is 23.3 Å². The molecule has 6 heteroatoms. The number of anilines is 1. The summed E-state index contributed by atoms with van der Waals surface area (Å²) in [5, 5.41) is 3.12. The van der Waals surface area contributed by atoms with Crippen molar-refractivity contribution in [2.24, 2.45) is 0 Å². The van der Waals surface area contributed by atoms with E-state index in [9.17, 15) is 14.0 Å². The summed E-state index contributed by atoms with van der Waals surface area (Å²) in [6.45, 7) is 5.15. The summed E-state index contributed by atoms with van der Waals surface area (Å²) in [5.74, 6) is -0.792. The number of aromatic amines is 1. The lowest BCUT2D eigenvalue weighted by Gasteiger charge is -2.18. The Balaban J connectivity index is 1.75. The number of nitrogens with one attached hydrogen (secondary N) is 2. The van der Waals surface area contributed by atoms with Gasteiger partial charge in [-0.25, -0.2) is 4.39 Å². The quantitative estimate of drug-likeness (QED) is 0.727. The van der Waals surface area contributed by atoms with Gasteiger partial charge in [0, 0.05) is 35.2 Å². The molecule has 5 nitrogen and oxygen atoms in total. The molecular formula is C20H20FN3O2. The molecule has 0 atom stereocenters. The fourth-order valence-electron chi connectivity index (χ4n) is 2.83. The summed E-state index contributed by atoms with van der Waals surface area (Å²) in [6.07, 6.45) is 0. The number of nitrogens with zero attached hydrogens (tertiary/aromatic N) is 1. The van der Waals surface area contributed by atoms with Crippen LogP contribution in [0.25, 0.3) is 10.9 Å². The lowest BCUT2D eigenvalue weighted by atomic mass is 10.1. The summed E-state index contributed by atoms with van der Waals surface area (Å²) < 4.78 is 13.7. The van der Waals surface area contributed by atoms with Gasteiger partial charge in [-0.2, -0.15) is 0 Å². The van der Waals surface area contributed by atoms with E-state index in [2.05, 4.69) is 10.3 Å². The smallest absolute Gasteiger partial charge is 0.272 e. The van der Waals surface area contributed by atoms with Crippen molar-refractivity contribution < 1.29 is 14.0 Å². The van der Waals surface area contributed by atoms with E-state index >= 15 is 0 Å². The van der Waals surface area contributed by atoms with E-state index in [0.29, 0.717) is 35.2 Å². The third-order valence-electron chi connectivity index (χ3n) is 4.30. The zero-order valence-corrected chi connectivity index (χ0v) is 14.7. The molecule has 0 radical (unpaired) electrons. The average molecular weight is 353 g/mol. The molecular weight excluding hydrogens is 333 g/mol. The molecule has 3 rings (SSSR count). The topological polar surface area (TPSA) is 65.2 Å². The molecule has 1 heterocycles. The number of hydrogen-bond acceptors (Lipinski definition) is 2. The van der Waals surface area contributed by atoms with Crippen molar-refractivity contribution in [2.75, 3.05) is 18.4 Å². The van der Waals surface area contributed by atoms with Crippen molar-refractivity contribution in [2.45, 2.75) is 13.8 Å². The number of rotatable bonds is 5. The van der Waals surface area contributed by atoms with Gasteiger partial charge in [-0.1, -0.05) is 6.07 Å². The summed E-state index contributed by atoms with van der Waals surface area (Å²) >= 11 is 0. The van der Waals surface area contributed by atoms with Crippen LogP contribution in [-0.4, -0.2) is 34.8 Å². The highest BCUT2D eigenvalue weighted by Gasteiger charge is 2.14. The molecule has 26 heavy (non-hydrogen) atoms. The van der Waals surface area contributed by atoms with Crippen LogP contribution in [0.15, 0.2) is 48.5 Å². The molecule has 0 fully saturated rings. The Bertz CT molecular complexity index is 943. The van der Waals surface area contributed by atoms with Crippen LogP contribution < -0.4 is 5.32 Å². The van der Waals surface area contributed by atoms with E-state index in [1.807, 2.05) is 13.8 Å². The summed E-state index contributed by atoms with van der Waals surface area (Å²) in [4.78, 5) is 29.3. The third kappa shape index (κ3) is 3.44. The molecule has 0 unspecified atom stereocenters. The number of carbonyl (C=O) groups is 2. The molecule has 0 aliphatic carbocycles. The SMILES string of the molecule is CCN(CC)C(=O)c1ccc(NC(=O)c2cc3c(F)cccc3[nH]2)cc1. The summed E-state index contributed by atoms with van der Waals surface area (Å²) in [5.41, 5.74) is 1.97. The normalized spacial score (nSPS) is 10.7. The first-order valence-electron chi connectivity index (χ1n) is 8.51. The van der Waals surface area contributed by atoms with Crippen LogP contribution >= 0.6 is 0 Å². The van der Waals surface area contributed by atoms with Gasteiger partial charge in [0.15, 0.2) is 0 Å². The van der Waals surface area contributed by atoms with E-state index in [1.165, 1.54) is 12.1 Å². The van der Waals surface area contributed by atoms with Crippen LogP contribution in [0.2, 0.25) is 0 Å². The number of aromatic nitrogens is 1. The summed E-state index contributed by atoms with van der Waals surface area (Å²) in [6, 6.07) is 12.9. The third-order valence-corrected chi connectivity index (χ3v) is 4.30. The molecule has 2 N–H and O–H groups in total. The van der Waals surface area contributed by atoms with Crippen LogP contribution in [0.4, 0.5) is 10.1 Å². The minimum Gasteiger partial charge on any atom is -0.350 e. The zero-order valence-electron chi connectivity index (χ0n) is 14.7. The highest BCUT2D eigenvalue weighted by molar-refractivity contribution is 6.06. The molecule has 0 aliphatic heterocycles. The molecule has 0 aliphatic rings. The van der Waals surface area contributed by atoms with Gasteiger partial charge in [0.25, 0.3) is 11.8 Å². The Labute approximate surface area is 150 Å². The molecule has 0 saturated carbocycles. The van der Waals surface area contributed by atoms with Crippen LogP contribution in [0.1, 0.15) is 34.7 Å². The zero-order chi connectivity index (χ0) is 18.7. The van der Waals surface area contributed by atoms with Gasteiger partial charge in [0.2, 0.25) is 0 Å². The number of halogens is 1. The van der Waals surface area contributed by atoms with E-state index in [4.69, 9.17) is 0 Å². The molecule has 0 spiro atoms. The minimum atomic E-state index is -0.378. The second kappa shape index (κ2) is 7.39. The lowest BCUT2D eigenvalue weighted by molar-refractivity contribution is 0.0773. The standard InChI is InChI=1S/C20H20FN3O2/c1-3-24(4-2)20(26)13-8-10-14(11-9-13)22-19(25)18-12-15-16(21)6-5-7-17(15)23-18/h5-12,23H,3-4H2,1-2H3,(H,22,25). The van der Waals surface area contributed by atoms with Crippen molar-refractivity contribution in [3.05, 3.63) is 65.6 Å². The monoisotopic (exact) mass is 353 g/mol. The number of amides is 2. The lowest BCUT2D eigenvalue weighted by Crippen LogP contribution is -2.30. The first kappa shape index (κ1) is 17.7. The summed E-state index contributed by atoms with van der Waals surface area (Å²) in [7, 11) is 0. The van der Waals surface area contributed by atoms with E-state index in [1.54, 1.807) is 41.3 Å². The molecule has 0 bridgehead atoms. The fourth-order valence-corrected chi connectivity index (χ4v) is 2.83. The van der Waals surface area contributed by atoms with Crippen LogP contribution in [-0.2, 0) is 0 Å². The first-order chi connectivity index (χ1) is 12.5. The van der Waals surface area contributed by atoms with Gasteiger partial charge in [-0.3, -0.25) is 9.59 Å².